The topological polar surface area (TPSA) is 87.4 Å². The molecule has 5 nitrogen and oxygen atoms in total. The van der Waals surface area contributed by atoms with Gasteiger partial charge < -0.3 is 21.5 Å². The molecule has 0 spiro atoms. The van der Waals surface area contributed by atoms with E-state index in [9.17, 15) is 9.90 Å². The fourth-order valence-electron chi connectivity index (χ4n) is 3.92. The lowest BCUT2D eigenvalue weighted by Gasteiger charge is -2.19. The van der Waals surface area contributed by atoms with E-state index in [1.165, 1.54) is 16.7 Å². The summed E-state index contributed by atoms with van der Waals surface area (Å²) in [5, 5.41) is 16.1. The lowest BCUT2D eigenvalue weighted by Crippen LogP contribution is -2.22. The maximum absolute atomic E-state index is 11.5. The minimum atomic E-state index is -0.778. The number of aryl methyl sites for hydroxylation is 1. The van der Waals surface area contributed by atoms with E-state index in [0.717, 1.165) is 37.3 Å². The van der Waals surface area contributed by atoms with Crippen LogP contribution in [-0.4, -0.2) is 24.2 Å². The number of hydrogen-bond acceptors (Lipinski definition) is 4. The Balaban J connectivity index is 1.98. The molecule has 2 aromatic rings. The van der Waals surface area contributed by atoms with E-state index in [0.29, 0.717) is 18.8 Å². The predicted molar refractivity (Wildman–Crippen MR) is 132 cm³/mol. The van der Waals surface area contributed by atoms with Gasteiger partial charge in [-0.3, -0.25) is 4.79 Å². The van der Waals surface area contributed by atoms with Crippen LogP contribution in [0.4, 0.5) is 0 Å². The number of allylic oxidation sites excluding steroid dienone is 1. The molecule has 0 heterocycles. The minimum Gasteiger partial charge on any atom is -0.481 e. The van der Waals surface area contributed by atoms with Crippen LogP contribution in [0.5, 0.6) is 0 Å². The zero-order valence-electron chi connectivity index (χ0n) is 19.7. The van der Waals surface area contributed by atoms with Crippen molar-refractivity contribution in [3.05, 3.63) is 82.7 Å². The molecule has 174 valence electrons. The van der Waals surface area contributed by atoms with Crippen LogP contribution >= 0.6 is 0 Å². The molecule has 2 rings (SSSR count). The second kappa shape index (κ2) is 13.6. The standard InChI is InChI=1S/C27H39N3O2/c1-4-29-19-26(28)13-12-24(16-27(31)32)23-11-10-21(3)25(15-23)18-30-17-20(2)14-22-8-6-5-7-9-22/h5-11,15,19-20,24,29-30H,4,12-14,16-18,28H2,1-3H3,(H,31,32)/b26-19-/t20-,24?/m1/s1. The summed E-state index contributed by atoms with van der Waals surface area (Å²) >= 11 is 0. The molecular weight excluding hydrogens is 398 g/mol. The van der Waals surface area contributed by atoms with Crippen LogP contribution in [0.25, 0.3) is 0 Å². The number of hydrogen-bond donors (Lipinski definition) is 4. The molecule has 0 saturated carbocycles. The second-order valence-electron chi connectivity index (χ2n) is 8.72. The molecule has 5 N–H and O–H groups in total. The number of nitrogens with one attached hydrogen (secondary N) is 2. The highest BCUT2D eigenvalue weighted by Crippen LogP contribution is 2.28. The van der Waals surface area contributed by atoms with Gasteiger partial charge in [-0.05, 0) is 73.7 Å². The number of carboxylic acids is 1. The number of carboxylic acid groups (broad SMARTS) is 1. The van der Waals surface area contributed by atoms with Crippen LogP contribution in [0.1, 0.15) is 61.3 Å². The first-order chi connectivity index (χ1) is 15.4. The monoisotopic (exact) mass is 437 g/mol. The fourth-order valence-corrected chi connectivity index (χ4v) is 3.92. The Morgan fingerprint density at radius 3 is 2.62 bits per heavy atom. The number of benzene rings is 2. The summed E-state index contributed by atoms with van der Waals surface area (Å²) in [6, 6.07) is 16.9. The van der Waals surface area contributed by atoms with Crippen LogP contribution in [0, 0.1) is 12.8 Å². The van der Waals surface area contributed by atoms with Gasteiger partial charge >= 0.3 is 5.97 Å². The number of carbonyl (C=O) groups is 1. The largest absolute Gasteiger partial charge is 0.481 e. The smallest absolute Gasteiger partial charge is 0.303 e. The number of nitrogens with two attached hydrogens (primary N) is 1. The molecule has 0 fully saturated rings. The van der Waals surface area contributed by atoms with E-state index < -0.39 is 5.97 Å². The normalized spacial score (nSPS) is 13.5. The third-order valence-electron chi connectivity index (χ3n) is 5.77. The van der Waals surface area contributed by atoms with E-state index in [-0.39, 0.29) is 12.3 Å². The van der Waals surface area contributed by atoms with Gasteiger partial charge in [0.1, 0.15) is 0 Å². The molecule has 1 unspecified atom stereocenters. The Bertz CT molecular complexity index is 864. The Labute approximate surface area is 193 Å². The van der Waals surface area contributed by atoms with Crippen LogP contribution in [0.3, 0.4) is 0 Å². The van der Waals surface area contributed by atoms with Crippen LogP contribution in [0.2, 0.25) is 0 Å². The van der Waals surface area contributed by atoms with Crippen molar-refractivity contribution >= 4 is 5.97 Å². The van der Waals surface area contributed by atoms with Gasteiger partial charge in [0.15, 0.2) is 0 Å². The molecule has 0 radical (unpaired) electrons. The molecule has 0 saturated heterocycles. The molecule has 0 aromatic heterocycles. The summed E-state index contributed by atoms with van der Waals surface area (Å²) in [7, 11) is 0. The Hall–Kier alpha value is -2.79. The predicted octanol–water partition coefficient (Wildman–Crippen LogP) is 4.71. The Morgan fingerprint density at radius 1 is 1.19 bits per heavy atom. The summed E-state index contributed by atoms with van der Waals surface area (Å²) in [6.07, 6.45) is 4.36. The molecular formula is C27H39N3O2. The van der Waals surface area contributed by atoms with Crippen molar-refractivity contribution in [2.75, 3.05) is 13.1 Å². The van der Waals surface area contributed by atoms with Gasteiger partial charge in [-0.15, -0.1) is 0 Å². The summed E-state index contributed by atoms with van der Waals surface area (Å²) in [5.41, 5.74) is 11.7. The molecule has 2 aromatic carbocycles. The van der Waals surface area contributed by atoms with Crippen molar-refractivity contribution in [3.8, 4) is 0 Å². The average molecular weight is 438 g/mol. The molecule has 5 heteroatoms. The summed E-state index contributed by atoms with van der Waals surface area (Å²) in [5.74, 6) is -0.302. The van der Waals surface area contributed by atoms with E-state index in [1.54, 1.807) is 0 Å². The van der Waals surface area contributed by atoms with Crippen LogP contribution in [-0.2, 0) is 17.8 Å². The third kappa shape index (κ3) is 9.15. The Morgan fingerprint density at radius 2 is 1.94 bits per heavy atom. The van der Waals surface area contributed by atoms with E-state index in [4.69, 9.17) is 5.73 Å². The van der Waals surface area contributed by atoms with Gasteiger partial charge in [-0.2, -0.15) is 0 Å². The van der Waals surface area contributed by atoms with Crippen molar-refractivity contribution in [3.63, 3.8) is 0 Å². The third-order valence-corrected chi connectivity index (χ3v) is 5.77. The highest BCUT2D eigenvalue weighted by molar-refractivity contribution is 5.68. The first kappa shape index (κ1) is 25.5. The molecule has 0 amide bonds. The number of rotatable bonds is 14. The molecule has 0 bridgehead atoms. The molecule has 0 aliphatic heterocycles. The van der Waals surface area contributed by atoms with Crippen molar-refractivity contribution in [2.45, 2.75) is 58.9 Å². The van der Waals surface area contributed by atoms with Crippen molar-refractivity contribution < 1.29 is 9.90 Å². The molecule has 0 aliphatic rings. The Kier molecular flexibility index (Phi) is 10.8. The summed E-state index contributed by atoms with van der Waals surface area (Å²) in [4.78, 5) is 11.5. The second-order valence-corrected chi connectivity index (χ2v) is 8.72. The van der Waals surface area contributed by atoms with Gasteiger partial charge in [0, 0.05) is 25.0 Å². The van der Waals surface area contributed by atoms with Gasteiger partial charge in [0.2, 0.25) is 0 Å². The zero-order valence-corrected chi connectivity index (χ0v) is 19.7. The van der Waals surface area contributed by atoms with Crippen molar-refractivity contribution in [1.82, 2.24) is 10.6 Å². The van der Waals surface area contributed by atoms with Crippen LogP contribution in [0.15, 0.2) is 60.4 Å². The van der Waals surface area contributed by atoms with Gasteiger partial charge in [-0.1, -0.05) is 55.5 Å². The maximum atomic E-state index is 11.5. The highest BCUT2D eigenvalue weighted by Gasteiger charge is 2.17. The van der Waals surface area contributed by atoms with E-state index in [2.05, 4.69) is 66.9 Å². The highest BCUT2D eigenvalue weighted by atomic mass is 16.4. The van der Waals surface area contributed by atoms with Crippen molar-refractivity contribution in [2.24, 2.45) is 11.7 Å². The van der Waals surface area contributed by atoms with E-state index in [1.807, 2.05) is 19.2 Å². The zero-order chi connectivity index (χ0) is 23.3. The SMILES string of the molecule is CCN/C=C(\N)CCC(CC(=O)O)c1ccc(C)c(CNC[C@H](C)Cc2ccccc2)c1. The lowest BCUT2D eigenvalue weighted by atomic mass is 9.88. The molecule has 2 atom stereocenters. The van der Waals surface area contributed by atoms with Gasteiger partial charge in [-0.25, -0.2) is 0 Å². The van der Waals surface area contributed by atoms with E-state index >= 15 is 0 Å². The average Bonchev–Trinajstić information content (AvgIpc) is 2.77. The first-order valence-electron chi connectivity index (χ1n) is 11.6. The quantitative estimate of drug-likeness (QED) is 0.344. The van der Waals surface area contributed by atoms with Gasteiger partial charge in [0.25, 0.3) is 0 Å². The fraction of sp³-hybridized carbons (Fsp3) is 0.444. The van der Waals surface area contributed by atoms with Crippen molar-refractivity contribution in [1.29, 1.82) is 0 Å². The number of aliphatic carboxylic acids is 1. The van der Waals surface area contributed by atoms with Crippen LogP contribution < -0.4 is 16.4 Å². The summed E-state index contributed by atoms with van der Waals surface area (Å²) in [6.45, 7) is 8.91. The summed E-state index contributed by atoms with van der Waals surface area (Å²) < 4.78 is 0. The lowest BCUT2D eigenvalue weighted by molar-refractivity contribution is -0.137. The van der Waals surface area contributed by atoms with Gasteiger partial charge in [0.05, 0.1) is 6.42 Å². The maximum Gasteiger partial charge on any atom is 0.303 e. The molecule has 0 aliphatic carbocycles. The first-order valence-corrected chi connectivity index (χ1v) is 11.6. The molecule has 32 heavy (non-hydrogen) atoms. The minimum absolute atomic E-state index is 0.0579.